The summed E-state index contributed by atoms with van der Waals surface area (Å²) in [6.45, 7) is 9.06. The summed E-state index contributed by atoms with van der Waals surface area (Å²) in [4.78, 5) is 3.66. The Bertz CT molecular complexity index is 929. The van der Waals surface area contributed by atoms with Gasteiger partial charge in [-0.05, 0) is 88.6 Å². The zero-order valence-corrected chi connectivity index (χ0v) is 20.1. The third kappa shape index (κ3) is 5.51. The maximum atomic E-state index is 2.34. The van der Waals surface area contributed by atoms with Gasteiger partial charge in [0.25, 0.3) is 0 Å². The third-order valence-electron chi connectivity index (χ3n) is 5.44. The second-order valence-electron chi connectivity index (χ2n) is 8.03. The first-order valence-electron chi connectivity index (χ1n) is 10.2. The standard InChI is InChI=1S/C26H32NPS/c1-19-16-20(2)26(21(3)17-19)28(29-24-13-8-7-9-14-24)18-23-12-10-11-15-25(23)22(4)27(5)6/h7-17,22H,18H2,1-6H3/t22-,28?/m0/s1. The molecule has 0 bridgehead atoms. The molecule has 3 heteroatoms. The summed E-state index contributed by atoms with van der Waals surface area (Å²) >= 11 is 2.05. The fourth-order valence-electron chi connectivity index (χ4n) is 3.85. The van der Waals surface area contributed by atoms with E-state index in [2.05, 4.69) is 125 Å². The van der Waals surface area contributed by atoms with Crippen LogP contribution >= 0.6 is 18.5 Å². The average Bonchev–Trinajstić information content (AvgIpc) is 2.67. The highest BCUT2D eigenvalue weighted by atomic mass is 32.7. The van der Waals surface area contributed by atoms with Crippen LogP contribution in [0.5, 0.6) is 0 Å². The predicted molar refractivity (Wildman–Crippen MR) is 132 cm³/mol. The van der Waals surface area contributed by atoms with Crippen LogP contribution in [0, 0.1) is 20.8 Å². The van der Waals surface area contributed by atoms with Crippen molar-refractivity contribution >= 4 is 23.8 Å². The van der Waals surface area contributed by atoms with Gasteiger partial charge in [-0.1, -0.05) is 71.5 Å². The number of aryl methyl sites for hydroxylation is 3. The normalized spacial score (nSPS) is 13.5. The summed E-state index contributed by atoms with van der Waals surface area (Å²) in [5, 5.41) is 1.55. The van der Waals surface area contributed by atoms with Gasteiger partial charge in [-0.3, -0.25) is 0 Å². The third-order valence-corrected chi connectivity index (χ3v) is 10.2. The molecule has 1 nitrogen and oxygen atoms in total. The highest BCUT2D eigenvalue weighted by Crippen LogP contribution is 2.57. The molecule has 0 saturated heterocycles. The fourth-order valence-corrected chi connectivity index (χ4v) is 9.09. The Kier molecular flexibility index (Phi) is 7.57. The number of benzene rings is 3. The molecule has 2 atom stereocenters. The first-order valence-corrected chi connectivity index (χ1v) is 13.1. The van der Waals surface area contributed by atoms with Crippen LogP contribution in [0.2, 0.25) is 0 Å². The first-order chi connectivity index (χ1) is 13.9. The van der Waals surface area contributed by atoms with Crippen molar-refractivity contribution in [2.24, 2.45) is 0 Å². The zero-order valence-electron chi connectivity index (χ0n) is 18.4. The van der Waals surface area contributed by atoms with Crippen LogP contribution < -0.4 is 5.30 Å². The van der Waals surface area contributed by atoms with E-state index >= 15 is 0 Å². The number of rotatable bonds is 7. The smallest absolute Gasteiger partial charge is 0.0316 e. The van der Waals surface area contributed by atoms with E-state index in [9.17, 15) is 0 Å². The van der Waals surface area contributed by atoms with Gasteiger partial charge in [-0.25, -0.2) is 0 Å². The minimum Gasteiger partial charge on any atom is -0.303 e. The Morgan fingerprint density at radius 1 is 0.862 bits per heavy atom. The highest BCUT2D eigenvalue weighted by molar-refractivity contribution is 8.57. The van der Waals surface area contributed by atoms with Crippen molar-refractivity contribution in [3.05, 3.63) is 94.5 Å². The molecule has 3 aromatic carbocycles. The molecule has 1 unspecified atom stereocenters. The van der Waals surface area contributed by atoms with Crippen molar-refractivity contribution in [3.8, 4) is 0 Å². The molecule has 0 aliphatic heterocycles. The molecule has 0 spiro atoms. The van der Waals surface area contributed by atoms with Gasteiger partial charge in [0.05, 0.1) is 0 Å². The van der Waals surface area contributed by atoms with E-state index in [1.807, 2.05) is 0 Å². The lowest BCUT2D eigenvalue weighted by Crippen LogP contribution is -2.18. The largest absolute Gasteiger partial charge is 0.303 e. The van der Waals surface area contributed by atoms with Gasteiger partial charge in [0.2, 0.25) is 0 Å². The van der Waals surface area contributed by atoms with Crippen molar-refractivity contribution in [3.63, 3.8) is 0 Å². The van der Waals surface area contributed by atoms with Crippen LogP contribution in [0.4, 0.5) is 0 Å². The molecule has 3 rings (SSSR count). The molecule has 0 radical (unpaired) electrons. The molecule has 3 aromatic rings. The molecule has 152 valence electrons. The summed E-state index contributed by atoms with van der Waals surface area (Å²) in [6.07, 6.45) is 1.09. The first kappa shape index (κ1) is 22.1. The number of nitrogens with zero attached hydrogens (tertiary/aromatic N) is 1. The lowest BCUT2D eigenvalue weighted by Gasteiger charge is -2.27. The molecule has 29 heavy (non-hydrogen) atoms. The fraction of sp³-hybridized carbons (Fsp3) is 0.308. The second kappa shape index (κ2) is 9.94. The zero-order chi connectivity index (χ0) is 21.0. The SMILES string of the molecule is Cc1cc(C)c(P(Cc2ccccc2[C@H](C)N(C)C)Sc2ccccc2)c(C)c1. The van der Waals surface area contributed by atoms with E-state index in [-0.39, 0.29) is 0 Å². The van der Waals surface area contributed by atoms with E-state index in [0.717, 1.165) is 6.16 Å². The minimum atomic E-state index is -0.424. The van der Waals surface area contributed by atoms with Gasteiger partial charge >= 0.3 is 0 Å². The van der Waals surface area contributed by atoms with Crippen LogP contribution in [0.15, 0.2) is 71.6 Å². The Labute approximate surface area is 182 Å². The molecule has 0 N–H and O–H groups in total. The molecule has 0 heterocycles. The van der Waals surface area contributed by atoms with Crippen LogP contribution in [-0.2, 0) is 6.16 Å². The van der Waals surface area contributed by atoms with Crippen LogP contribution in [0.1, 0.15) is 40.8 Å². The molecule has 0 aliphatic carbocycles. The lowest BCUT2D eigenvalue weighted by atomic mass is 10.0. The second-order valence-corrected chi connectivity index (χ2v) is 12.1. The lowest BCUT2D eigenvalue weighted by molar-refractivity contribution is 0.320. The maximum Gasteiger partial charge on any atom is 0.0316 e. The molecule has 0 aromatic heterocycles. The van der Waals surface area contributed by atoms with Crippen molar-refractivity contribution < 1.29 is 0 Å². The van der Waals surface area contributed by atoms with Crippen LogP contribution in [0.3, 0.4) is 0 Å². The number of hydrogen-bond acceptors (Lipinski definition) is 2. The summed E-state index contributed by atoms with van der Waals surface area (Å²) < 4.78 is 0. The van der Waals surface area contributed by atoms with Gasteiger partial charge in [0.1, 0.15) is 0 Å². The van der Waals surface area contributed by atoms with E-state index in [0.29, 0.717) is 6.04 Å². The summed E-state index contributed by atoms with van der Waals surface area (Å²) in [5.41, 5.74) is 7.12. The minimum absolute atomic E-state index is 0.407. The number of hydrogen-bond donors (Lipinski definition) is 0. The highest BCUT2D eigenvalue weighted by Gasteiger charge is 2.21. The molecule has 0 saturated carbocycles. The van der Waals surface area contributed by atoms with Crippen LogP contribution in [-0.4, -0.2) is 19.0 Å². The summed E-state index contributed by atoms with van der Waals surface area (Å²) in [5.74, 6) is 0. The topological polar surface area (TPSA) is 3.24 Å². The Morgan fingerprint density at radius 2 is 1.45 bits per heavy atom. The Balaban J connectivity index is 2.04. The van der Waals surface area contributed by atoms with E-state index in [1.54, 1.807) is 5.30 Å². The monoisotopic (exact) mass is 421 g/mol. The summed E-state index contributed by atoms with van der Waals surface area (Å²) in [7, 11) is 3.90. The molecular formula is C26H32NPS. The predicted octanol–water partition coefficient (Wildman–Crippen LogP) is 7.25. The molecule has 0 aliphatic rings. The molecule has 0 fully saturated rings. The van der Waals surface area contributed by atoms with E-state index < -0.39 is 7.12 Å². The Morgan fingerprint density at radius 3 is 2.07 bits per heavy atom. The van der Waals surface area contributed by atoms with Gasteiger partial charge in [0, 0.05) is 17.1 Å². The van der Waals surface area contributed by atoms with Gasteiger partial charge in [0.15, 0.2) is 0 Å². The van der Waals surface area contributed by atoms with Gasteiger partial charge < -0.3 is 4.90 Å². The van der Waals surface area contributed by atoms with E-state index in [4.69, 9.17) is 0 Å². The summed E-state index contributed by atoms with van der Waals surface area (Å²) in [6, 6.07) is 25.0. The van der Waals surface area contributed by atoms with Crippen LogP contribution in [0.25, 0.3) is 0 Å². The van der Waals surface area contributed by atoms with Gasteiger partial charge in [-0.15, -0.1) is 0 Å². The average molecular weight is 422 g/mol. The molecule has 0 amide bonds. The van der Waals surface area contributed by atoms with Crippen molar-refractivity contribution in [1.82, 2.24) is 4.90 Å². The van der Waals surface area contributed by atoms with Crippen molar-refractivity contribution in [1.29, 1.82) is 0 Å². The van der Waals surface area contributed by atoms with Crippen molar-refractivity contribution in [2.45, 2.75) is 44.8 Å². The van der Waals surface area contributed by atoms with Crippen molar-refractivity contribution in [2.75, 3.05) is 14.1 Å². The Hall–Kier alpha value is -1.60. The maximum absolute atomic E-state index is 2.34. The molecular weight excluding hydrogens is 389 g/mol. The van der Waals surface area contributed by atoms with Gasteiger partial charge in [-0.2, -0.15) is 0 Å². The quantitative estimate of drug-likeness (QED) is 0.370. The van der Waals surface area contributed by atoms with E-state index in [1.165, 1.54) is 32.7 Å².